The summed E-state index contributed by atoms with van der Waals surface area (Å²) >= 11 is 6.22. The van der Waals surface area contributed by atoms with E-state index in [2.05, 4.69) is 5.32 Å². The number of sulfonamides is 1. The lowest BCUT2D eigenvalue weighted by Gasteiger charge is -2.34. The molecule has 0 fully saturated rings. The van der Waals surface area contributed by atoms with Gasteiger partial charge in [-0.1, -0.05) is 60.1 Å². The molecule has 0 saturated carbocycles. The number of halogens is 1. The number of nitrogens with one attached hydrogen (secondary N) is 1. The third-order valence-corrected chi connectivity index (χ3v) is 7.34. The number of nitrogens with zero attached hydrogens (tertiary/aromatic N) is 2. The molecule has 1 N–H and O–H groups in total. The van der Waals surface area contributed by atoms with Crippen LogP contribution in [0.5, 0.6) is 5.75 Å². The first-order valence-corrected chi connectivity index (χ1v) is 14.7. The zero-order chi connectivity index (χ0) is 28.6. The molecule has 0 aliphatic rings. The number of benzene rings is 3. The van der Waals surface area contributed by atoms with Crippen molar-refractivity contribution in [2.24, 2.45) is 0 Å². The fourth-order valence-electron chi connectivity index (χ4n) is 4.15. The first-order chi connectivity index (χ1) is 18.5. The smallest absolute Gasteiger partial charge is 0.244 e. The van der Waals surface area contributed by atoms with Crippen LogP contribution < -0.4 is 14.4 Å². The van der Waals surface area contributed by atoms with Gasteiger partial charge in [-0.05, 0) is 49.2 Å². The zero-order valence-electron chi connectivity index (χ0n) is 22.5. The van der Waals surface area contributed by atoms with Crippen molar-refractivity contribution in [1.29, 1.82) is 0 Å². The van der Waals surface area contributed by atoms with E-state index in [1.165, 1.54) is 12.0 Å². The minimum atomic E-state index is -3.87. The van der Waals surface area contributed by atoms with Crippen molar-refractivity contribution in [3.05, 3.63) is 95.0 Å². The van der Waals surface area contributed by atoms with Gasteiger partial charge in [0.05, 0.1) is 19.1 Å². The highest BCUT2D eigenvalue weighted by Gasteiger charge is 2.33. The van der Waals surface area contributed by atoms with Crippen LogP contribution in [0.25, 0.3) is 0 Å². The van der Waals surface area contributed by atoms with E-state index in [1.807, 2.05) is 50.2 Å². The van der Waals surface area contributed by atoms with Gasteiger partial charge in [-0.15, -0.1) is 0 Å². The molecule has 3 aromatic rings. The van der Waals surface area contributed by atoms with Gasteiger partial charge in [-0.3, -0.25) is 13.9 Å². The van der Waals surface area contributed by atoms with Crippen LogP contribution in [0.15, 0.2) is 78.9 Å². The molecule has 208 valence electrons. The standard InChI is InChI=1S/C29H34ClN3O5S/c1-21(2)31-29(35)27(17-22-10-6-5-7-11-22)32(19-23-12-8-13-24(30)16-23)28(34)20-33(39(4,36)37)25-14-9-15-26(18-25)38-3/h5-16,18,21,27H,17,19-20H2,1-4H3,(H,31,35)/t27-/m0/s1. The Morgan fingerprint density at radius 1 is 0.949 bits per heavy atom. The fourth-order valence-corrected chi connectivity index (χ4v) is 5.20. The summed E-state index contributed by atoms with van der Waals surface area (Å²) in [6.07, 6.45) is 1.28. The second-order valence-corrected chi connectivity index (χ2v) is 11.8. The van der Waals surface area contributed by atoms with Gasteiger partial charge in [-0.2, -0.15) is 0 Å². The predicted octanol–water partition coefficient (Wildman–Crippen LogP) is 4.28. The molecule has 0 aliphatic heterocycles. The molecular formula is C29H34ClN3O5S. The minimum Gasteiger partial charge on any atom is -0.497 e. The average Bonchev–Trinajstić information content (AvgIpc) is 2.88. The average molecular weight is 572 g/mol. The normalized spacial score (nSPS) is 12.1. The molecule has 3 rings (SSSR count). The Bertz CT molecular complexity index is 1380. The number of amides is 2. The highest BCUT2D eigenvalue weighted by Crippen LogP contribution is 2.24. The molecule has 10 heteroatoms. The number of hydrogen-bond acceptors (Lipinski definition) is 5. The predicted molar refractivity (Wildman–Crippen MR) is 154 cm³/mol. The van der Waals surface area contributed by atoms with Crippen LogP contribution in [0.3, 0.4) is 0 Å². The zero-order valence-corrected chi connectivity index (χ0v) is 24.1. The van der Waals surface area contributed by atoms with Crippen molar-refractivity contribution >= 4 is 39.1 Å². The summed E-state index contributed by atoms with van der Waals surface area (Å²) < 4.78 is 32.0. The van der Waals surface area contributed by atoms with Crippen LogP contribution in [0.4, 0.5) is 5.69 Å². The molecule has 0 unspecified atom stereocenters. The quantitative estimate of drug-likeness (QED) is 0.350. The topological polar surface area (TPSA) is 96.0 Å². The summed E-state index contributed by atoms with van der Waals surface area (Å²) in [5, 5.41) is 3.41. The maximum absolute atomic E-state index is 14.0. The van der Waals surface area contributed by atoms with Gasteiger partial charge < -0.3 is 15.0 Å². The first-order valence-electron chi connectivity index (χ1n) is 12.5. The van der Waals surface area contributed by atoms with E-state index in [-0.39, 0.29) is 30.6 Å². The van der Waals surface area contributed by atoms with Gasteiger partial charge in [0.2, 0.25) is 21.8 Å². The van der Waals surface area contributed by atoms with E-state index >= 15 is 0 Å². The molecule has 0 saturated heterocycles. The molecule has 0 aliphatic carbocycles. The van der Waals surface area contributed by atoms with Crippen LogP contribution in [0.2, 0.25) is 5.02 Å². The van der Waals surface area contributed by atoms with Gasteiger partial charge in [0.25, 0.3) is 0 Å². The Morgan fingerprint density at radius 3 is 2.23 bits per heavy atom. The first kappa shape index (κ1) is 30.0. The summed E-state index contributed by atoms with van der Waals surface area (Å²) in [4.78, 5) is 29.0. The lowest BCUT2D eigenvalue weighted by atomic mass is 10.0. The molecule has 0 bridgehead atoms. The van der Waals surface area contributed by atoms with Crippen molar-refractivity contribution in [1.82, 2.24) is 10.2 Å². The molecule has 0 heterocycles. The molecule has 39 heavy (non-hydrogen) atoms. The third kappa shape index (κ3) is 8.73. The Hall–Kier alpha value is -3.56. The van der Waals surface area contributed by atoms with Crippen molar-refractivity contribution in [3.8, 4) is 5.75 Å². The van der Waals surface area contributed by atoms with Gasteiger partial charge in [0.1, 0.15) is 18.3 Å². The van der Waals surface area contributed by atoms with Crippen molar-refractivity contribution < 1.29 is 22.7 Å². The van der Waals surface area contributed by atoms with Crippen LogP contribution in [0, 0.1) is 0 Å². The highest BCUT2D eigenvalue weighted by atomic mass is 35.5. The summed E-state index contributed by atoms with van der Waals surface area (Å²) in [6, 6.07) is 21.8. The Balaban J connectivity index is 2.06. The number of carbonyl (C=O) groups is 2. The fraction of sp³-hybridized carbons (Fsp3) is 0.310. The van der Waals surface area contributed by atoms with E-state index in [1.54, 1.807) is 42.5 Å². The maximum atomic E-state index is 14.0. The number of anilines is 1. The molecule has 3 aromatic carbocycles. The van der Waals surface area contributed by atoms with Crippen LogP contribution >= 0.6 is 11.6 Å². The van der Waals surface area contributed by atoms with Crippen LogP contribution in [0.1, 0.15) is 25.0 Å². The molecule has 8 nitrogen and oxygen atoms in total. The number of rotatable bonds is 12. The monoisotopic (exact) mass is 571 g/mol. The van der Waals surface area contributed by atoms with E-state index < -0.39 is 28.5 Å². The molecule has 2 amide bonds. The van der Waals surface area contributed by atoms with E-state index in [0.29, 0.717) is 16.3 Å². The Kier molecular flexibility index (Phi) is 10.4. The molecular weight excluding hydrogens is 538 g/mol. The molecule has 1 atom stereocenters. The lowest BCUT2D eigenvalue weighted by Crippen LogP contribution is -2.54. The Morgan fingerprint density at radius 2 is 1.62 bits per heavy atom. The molecule has 0 spiro atoms. The van der Waals surface area contributed by atoms with Gasteiger partial charge in [-0.25, -0.2) is 8.42 Å². The van der Waals surface area contributed by atoms with E-state index in [9.17, 15) is 18.0 Å². The summed E-state index contributed by atoms with van der Waals surface area (Å²) in [5.41, 5.74) is 1.84. The second-order valence-electron chi connectivity index (χ2n) is 9.49. The number of carbonyl (C=O) groups excluding carboxylic acids is 2. The van der Waals surface area contributed by atoms with Gasteiger partial charge >= 0.3 is 0 Å². The summed E-state index contributed by atoms with van der Waals surface area (Å²) in [5.74, 6) is -0.428. The molecule has 0 aromatic heterocycles. The highest BCUT2D eigenvalue weighted by molar-refractivity contribution is 7.92. The van der Waals surface area contributed by atoms with E-state index in [4.69, 9.17) is 16.3 Å². The summed E-state index contributed by atoms with van der Waals surface area (Å²) in [7, 11) is -2.39. The number of methoxy groups -OCH3 is 1. The van der Waals surface area contributed by atoms with Crippen LogP contribution in [-0.2, 0) is 32.6 Å². The second kappa shape index (κ2) is 13.5. The SMILES string of the molecule is COc1cccc(N(CC(=O)N(Cc2cccc(Cl)c2)[C@@H](Cc2ccccc2)C(=O)NC(C)C)S(C)(=O)=O)c1. The van der Waals surface area contributed by atoms with Crippen LogP contribution in [-0.4, -0.2) is 57.1 Å². The van der Waals surface area contributed by atoms with Crippen molar-refractivity contribution in [2.45, 2.75) is 38.9 Å². The van der Waals surface area contributed by atoms with Crippen molar-refractivity contribution in [3.63, 3.8) is 0 Å². The van der Waals surface area contributed by atoms with Gasteiger partial charge in [0.15, 0.2) is 0 Å². The third-order valence-electron chi connectivity index (χ3n) is 5.96. The van der Waals surface area contributed by atoms with Crippen molar-refractivity contribution in [2.75, 3.05) is 24.2 Å². The Labute approximate surface area is 235 Å². The number of hydrogen-bond donors (Lipinski definition) is 1. The number of ether oxygens (including phenoxy) is 1. The van der Waals surface area contributed by atoms with Gasteiger partial charge in [0, 0.05) is 30.1 Å². The molecule has 0 radical (unpaired) electrons. The van der Waals surface area contributed by atoms with E-state index in [0.717, 1.165) is 16.1 Å². The largest absolute Gasteiger partial charge is 0.497 e. The lowest BCUT2D eigenvalue weighted by molar-refractivity contribution is -0.140. The summed E-state index contributed by atoms with van der Waals surface area (Å²) in [6.45, 7) is 3.23. The minimum absolute atomic E-state index is 0.0537. The maximum Gasteiger partial charge on any atom is 0.244 e.